The number of nitro groups is 2. The fourth-order valence-electron chi connectivity index (χ4n) is 1.16. The van der Waals surface area contributed by atoms with Crippen LogP contribution in [0.1, 0.15) is 5.56 Å². The highest BCUT2D eigenvalue weighted by Crippen LogP contribution is 2.32. The monoisotopic (exact) mass is 197 g/mol. The molecule has 0 saturated heterocycles. The molecular formula is C7H7N3O4. The average Bonchev–Trinajstić information content (AvgIpc) is 2.01. The van der Waals surface area contributed by atoms with Crippen LogP contribution in [0.3, 0.4) is 0 Å². The molecule has 0 amide bonds. The molecule has 74 valence electrons. The fourth-order valence-corrected chi connectivity index (χ4v) is 1.16. The predicted molar refractivity (Wildman–Crippen MR) is 48.9 cm³/mol. The van der Waals surface area contributed by atoms with Gasteiger partial charge >= 0.3 is 11.4 Å². The number of nitro benzene ring substituents is 2. The summed E-state index contributed by atoms with van der Waals surface area (Å²) in [6, 6.07) is 2.30. The zero-order chi connectivity index (χ0) is 10.9. The van der Waals surface area contributed by atoms with Gasteiger partial charge in [0.05, 0.1) is 9.85 Å². The molecule has 0 fully saturated rings. The van der Waals surface area contributed by atoms with E-state index in [9.17, 15) is 20.2 Å². The quantitative estimate of drug-likeness (QED) is 0.437. The van der Waals surface area contributed by atoms with Gasteiger partial charge in [-0.1, -0.05) is 0 Å². The molecule has 1 aromatic carbocycles. The van der Waals surface area contributed by atoms with Crippen molar-refractivity contribution in [2.24, 2.45) is 0 Å². The Balaban J connectivity index is 3.52. The molecule has 0 bridgehead atoms. The second kappa shape index (κ2) is 3.29. The highest BCUT2D eigenvalue weighted by atomic mass is 16.6. The SMILES string of the molecule is Cc1cc(N)cc([N+](=O)[O-])c1[N+](=O)[O-]. The van der Waals surface area contributed by atoms with Crippen LogP contribution in [0.5, 0.6) is 0 Å². The van der Waals surface area contributed by atoms with Gasteiger partial charge in [0, 0.05) is 17.3 Å². The van der Waals surface area contributed by atoms with E-state index in [1.54, 1.807) is 0 Å². The largest absolute Gasteiger partial charge is 0.399 e. The number of aryl methyl sites for hydroxylation is 1. The molecule has 0 radical (unpaired) electrons. The Morgan fingerprint density at radius 3 is 2.21 bits per heavy atom. The Hall–Kier alpha value is -2.18. The first-order chi connectivity index (χ1) is 6.43. The summed E-state index contributed by atoms with van der Waals surface area (Å²) in [4.78, 5) is 19.4. The van der Waals surface area contributed by atoms with Gasteiger partial charge in [0.2, 0.25) is 0 Å². The summed E-state index contributed by atoms with van der Waals surface area (Å²) < 4.78 is 0. The molecule has 0 aromatic heterocycles. The molecule has 7 nitrogen and oxygen atoms in total. The molecule has 0 unspecified atom stereocenters. The number of anilines is 1. The Morgan fingerprint density at radius 1 is 1.21 bits per heavy atom. The highest BCUT2D eigenvalue weighted by Gasteiger charge is 2.26. The van der Waals surface area contributed by atoms with Crippen molar-refractivity contribution in [1.82, 2.24) is 0 Å². The van der Waals surface area contributed by atoms with Gasteiger partial charge in [0.25, 0.3) is 0 Å². The van der Waals surface area contributed by atoms with Gasteiger partial charge < -0.3 is 5.73 Å². The molecule has 0 aliphatic rings. The third kappa shape index (κ3) is 1.60. The molecule has 1 rings (SSSR count). The summed E-state index contributed by atoms with van der Waals surface area (Å²) in [5, 5.41) is 21.0. The summed E-state index contributed by atoms with van der Waals surface area (Å²) in [6.45, 7) is 1.40. The molecule has 0 atom stereocenters. The first kappa shape index (κ1) is 9.90. The summed E-state index contributed by atoms with van der Waals surface area (Å²) in [5.41, 5.74) is 4.57. The minimum Gasteiger partial charge on any atom is -0.399 e. The third-order valence-corrected chi connectivity index (χ3v) is 1.68. The third-order valence-electron chi connectivity index (χ3n) is 1.68. The molecule has 14 heavy (non-hydrogen) atoms. The Morgan fingerprint density at radius 2 is 1.79 bits per heavy atom. The number of benzene rings is 1. The average molecular weight is 197 g/mol. The molecule has 0 spiro atoms. The highest BCUT2D eigenvalue weighted by molar-refractivity contribution is 5.64. The summed E-state index contributed by atoms with van der Waals surface area (Å²) >= 11 is 0. The standard InChI is InChI=1S/C7H7N3O4/c1-4-2-5(8)3-6(9(11)12)7(4)10(13)14/h2-3H,8H2,1H3. The van der Waals surface area contributed by atoms with Crippen LogP contribution in [-0.4, -0.2) is 9.85 Å². The Kier molecular flexibility index (Phi) is 2.32. The van der Waals surface area contributed by atoms with E-state index in [1.165, 1.54) is 13.0 Å². The minimum absolute atomic E-state index is 0.139. The zero-order valence-corrected chi connectivity index (χ0v) is 7.26. The van der Waals surface area contributed by atoms with Crippen molar-refractivity contribution in [3.05, 3.63) is 37.9 Å². The van der Waals surface area contributed by atoms with E-state index < -0.39 is 21.2 Å². The number of nitrogens with two attached hydrogens (primary N) is 1. The number of rotatable bonds is 2. The van der Waals surface area contributed by atoms with E-state index in [1.807, 2.05) is 0 Å². The molecule has 1 aromatic rings. The van der Waals surface area contributed by atoms with Crippen LogP contribution >= 0.6 is 0 Å². The first-order valence-electron chi connectivity index (χ1n) is 3.62. The van der Waals surface area contributed by atoms with Crippen LogP contribution in [0.15, 0.2) is 12.1 Å². The van der Waals surface area contributed by atoms with Crippen LogP contribution in [0.2, 0.25) is 0 Å². The normalized spacial score (nSPS) is 9.79. The first-order valence-corrected chi connectivity index (χ1v) is 3.62. The molecular weight excluding hydrogens is 190 g/mol. The second-order valence-corrected chi connectivity index (χ2v) is 2.72. The van der Waals surface area contributed by atoms with Gasteiger partial charge in [-0.2, -0.15) is 0 Å². The Bertz CT molecular complexity index is 416. The van der Waals surface area contributed by atoms with Gasteiger partial charge in [-0.05, 0) is 13.0 Å². The number of nitrogens with zero attached hydrogens (tertiary/aromatic N) is 2. The van der Waals surface area contributed by atoms with Crippen molar-refractivity contribution in [3.8, 4) is 0 Å². The van der Waals surface area contributed by atoms with Crippen molar-refractivity contribution in [2.45, 2.75) is 6.92 Å². The molecule has 0 aliphatic carbocycles. The van der Waals surface area contributed by atoms with E-state index in [0.717, 1.165) is 6.07 Å². The molecule has 2 N–H and O–H groups in total. The zero-order valence-electron chi connectivity index (χ0n) is 7.26. The maximum atomic E-state index is 10.5. The van der Waals surface area contributed by atoms with Gasteiger partial charge in [0.1, 0.15) is 0 Å². The van der Waals surface area contributed by atoms with E-state index in [4.69, 9.17) is 5.73 Å². The van der Waals surface area contributed by atoms with Crippen LogP contribution in [0.4, 0.5) is 17.1 Å². The van der Waals surface area contributed by atoms with Gasteiger partial charge in [0.15, 0.2) is 0 Å². The molecule has 0 aliphatic heterocycles. The van der Waals surface area contributed by atoms with Crippen molar-refractivity contribution in [2.75, 3.05) is 5.73 Å². The predicted octanol–water partition coefficient (Wildman–Crippen LogP) is 1.39. The fraction of sp³-hybridized carbons (Fsp3) is 0.143. The van der Waals surface area contributed by atoms with Gasteiger partial charge in [-0.25, -0.2) is 0 Å². The van der Waals surface area contributed by atoms with Crippen molar-refractivity contribution in [3.63, 3.8) is 0 Å². The van der Waals surface area contributed by atoms with E-state index in [0.29, 0.717) is 0 Å². The van der Waals surface area contributed by atoms with E-state index in [-0.39, 0.29) is 11.3 Å². The van der Waals surface area contributed by atoms with Crippen molar-refractivity contribution in [1.29, 1.82) is 0 Å². The lowest BCUT2D eigenvalue weighted by molar-refractivity contribution is -0.422. The maximum Gasteiger partial charge on any atom is 0.349 e. The van der Waals surface area contributed by atoms with Crippen LogP contribution < -0.4 is 5.73 Å². The maximum absolute atomic E-state index is 10.5. The lowest BCUT2D eigenvalue weighted by Crippen LogP contribution is -2.00. The molecule has 0 saturated carbocycles. The summed E-state index contributed by atoms with van der Waals surface area (Å²) in [7, 11) is 0. The smallest absolute Gasteiger partial charge is 0.349 e. The lowest BCUT2D eigenvalue weighted by atomic mass is 10.1. The van der Waals surface area contributed by atoms with E-state index >= 15 is 0 Å². The summed E-state index contributed by atoms with van der Waals surface area (Å²) in [5.74, 6) is 0. The van der Waals surface area contributed by atoms with Crippen molar-refractivity contribution < 1.29 is 9.85 Å². The number of hydrogen-bond donors (Lipinski definition) is 1. The molecule has 0 heterocycles. The number of nitrogen functional groups attached to an aromatic ring is 1. The van der Waals surface area contributed by atoms with Crippen LogP contribution in [-0.2, 0) is 0 Å². The second-order valence-electron chi connectivity index (χ2n) is 2.72. The molecule has 7 heteroatoms. The number of hydrogen-bond acceptors (Lipinski definition) is 5. The topological polar surface area (TPSA) is 112 Å². The lowest BCUT2D eigenvalue weighted by Gasteiger charge is -1.99. The van der Waals surface area contributed by atoms with Crippen molar-refractivity contribution >= 4 is 17.1 Å². The van der Waals surface area contributed by atoms with Gasteiger partial charge in [-0.3, -0.25) is 20.2 Å². The Labute approximate surface area is 78.4 Å². The van der Waals surface area contributed by atoms with Crippen LogP contribution in [0, 0.1) is 27.2 Å². The van der Waals surface area contributed by atoms with Gasteiger partial charge in [-0.15, -0.1) is 0 Å². The van der Waals surface area contributed by atoms with Crippen LogP contribution in [0.25, 0.3) is 0 Å². The minimum atomic E-state index is -0.818. The van der Waals surface area contributed by atoms with E-state index in [2.05, 4.69) is 0 Å². The summed E-state index contributed by atoms with van der Waals surface area (Å²) in [6.07, 6.45) is 0.